The number of hydrogen-bond acceptors (Lipinski definition) is 3. The Hall–Kier alpha value is -2.11. The summed E-state index contributed by atoms with van der Waals surface area (Å²) < 4.78 is 3.65. The molecule has 0 saturated heterocycles. The molecule has 0 saturated carbocycles. The number of aromatic nitrogens is 4. The molecule has 0 fully saturated rings. The second kappa shape index (κ2) is 5.94. The van der Waals surface area contributed by atoms with E-state index in [0.717, 1.165) is 22.6 Å². The maximum Gasteiger partial charge on any atom is 0.141 e. The molecule has 0 bridgehead atoms. The zero-order chi connectivity index (χ0) is 15.7. The van der Waals surface area contributed by atoms with Crippen molar-refractivity contribution in [1.29, 1.82) is 0 Å². The van der Waals surface area contributed by atoms with E-state index in [1.54, 1.807) is 17.0 Å². The number of aryl methyl sites for hydroxylation is 1. The molecule has 1 aromatic carbocycles. The molecule has 112 valence electrons. The molecule has 0 unspecified atom stereocenters. The summed E-state index contributed by atoms with van der Waals surface area (Å²) in [4.78, 5) is 0. The predicted octanol–water partition coefficient (Wildman–Crippen LogP) is 3.87. The first kappa shape index (κ1) is 14.8. The Labute approximate surface area is 137 Å². The van der Waals surface area contributed by atoms with E-state index in [0.29, 0.717) is 10.0 Å². The van der Waals surface area contributed by atoms with Crippen LogP contribution in [-0.4, -0.2) is 25.7 Å². The molecule has 2 heterocycles. The predicted molar refractivity (Wildman–Crippen MR) is 88.3 cm³/mol. The normalized spacial score (nSPS) is 11.5. The highest BCUT2D eigenvalue weighted by Crippen LogP contribution is 2.27. The summed E-state index contributed by atoms with van der Waals surface area (Å²) in [5.74, 6) is 0. The van der Waals surface area contributed by atoms with Crippen LogP contribution in [0.2, 0.25) is 10.0 Å². The summed E-state index contributed by atoms with van der Waals surface area (Å²) >= 11 is 12.1. The van der Waals surface area contributed by atoms with Crippen LogP contribution in [0.15, 0.2) is 42.0 Å². The Morgan fingerprint density at radius 2 is 1.77 bits per heavy atom. The molecule has 7 heteroatoms. The molecule has 0 aliphatic rings. The Bertz CT molecular complexity index is 834. The fourth-order valence-corrected chi connectivity index (χ4v) is 2.62. The third kappa shape index (κ3) is 2.77. The molecule has 22 heavy (non-hydrogen) atoms. The second-order valence-corrected chi connectivity index (χ2v) is 5.66. The molecule has 0 aliphatic carbocycles. The molecule has 0 radical (unpaired) electrons. The Morgan fingerprint density at radius 1 is 1.05 bits per heavy atom. The van der Waals surface area contributed by atoms with Crippen LogP contribution in [0.1, 0.15) is 17.0 Å². The number of halogens is 2. The van der Waals surface area contributed by atoms with Crippen LogP contribution in [0.4, 0.5) is 0 Å². The Kier molecular flexibility index (Phi) is 4.00. The fraction of sp³-hybridized carbons (Fsp3) is 0.133. The molecule has 0 amide bonds. The lowest BCUT2D eigenvalue weighted by Gasteiger charge is -2.10. The zero-order valence-electron chi connectivity index (χ0n) is 12.0. The summed E-state index contributed by atoms with van der Waals surface area (Å²) in [5, 5.41) is 12.8. The molecule has 0 atom stereocenters. The van der Waals surface area contributed by atoms with Crippen molar-refractivity contribution in [3.05, 3.63) is 63.9 Å². The SMILES string of the molecule is Cc1cc(/C=N/n2cnnc2)c(C)n1-c1ccc(Cl)c(Cl)c1. The monoisotopic (exact) mass is 333 g/mol. The highest BCUT2D eigenvalue weighted by atomic mass is 35.5. The van der Waals surface area contributed by atoms with Gasteiger partial charge in [-0.2, -0.15) is 5.10 Å². The van der Waals surface area contributed by atoms with Crippen molar-refractivity contribution in [2.24, 2.45) is 5.10 Å². The lowest BCUT2D eigenvalue weighted by Crippen LogP contribution is -1.99. The van der Waals surface area contributed by atoms with Crippen LogP contribution in [0.3, 0.4) is 0 Å². The lowest BCUT2D eigenvalue weighted by atomic mass is 10.2. The van der Waals surface area contributed by atoms with Gasteiger partial charge in [-0.25, -0.2) is 4.68 Å². The first-order chi connectivity index (χ1) is 10.6. The van der Waals surface area contributed by atoms with E-state index in [2.05, 4.69) is 25.9 Å². The van der Waals surface area contributed by atoms with Crippen molar-refractivity contribution >= 4 is 29.4 Å². The van der Waals surface area contributed by atoms with Crippen LogP contribution in [0.5, 0.6) is 0 Å². The minimum atomic E-state index is 0.534. The van der Waals surface area contributed by atoms with Crippen molar-refractivity contribution < 1.29 is 0 Å². The average Bonchev–Trinajstić information content (AvgIpc) is 3.09. The van der Waals surface area contributed by atoms with Crippen LogP contribution < -0.4 is 0 Å². The molecule has 0 aliphatic heterocycles. The van der Waals surface area contributed by atoms with E-state index in [9.17, 15) is 0 Å². The smallest absolute Gasteiger partial charge is 0.141 e. The van der Waals surface area contributed by atoms with Gasteiger partial charge in [0, 0.05) is 22.6 Å². The highest BCUT2D eigenvalue weighted by Gasteiger charge is 2.10. The van der Waals surface area contributed by atoms with Gasteiger partial charge in [0.2, 0.25) is 0 Å². The van der Waals surface area contributed by atoms with Crippen LogP contribution in [0.25, 0.3) is 5.69 Å². The van der Waals surface area contributed by atoms with Gasteiger partial charge in [0.15, 0.2) is 0 Å². The summed E-state index contributed by atoms with van der Waals surface area (Å²) in [5.41, 5.74) is 4.12. The van der Waals surface area contributed by atoms with Gasteiger partial charge in [-0.1, -0.05) is 23.2 Å². The molecule has 5 nitrogen and oxygen atoms in total. The van der Waals surface area contributed by atoms with E-state index < -0.39 is 0 Å². The van der Waals surface area contributed by atoms with Gasteiger partial charge in [0.1, 0.15) is 12.7 Å². The molecule has 0 N–H and O–H groups in total. The summed E-state index contributed by atoms with van der Waals surface area (Å²) in [6.07, 6.45) is 4.85. The molecule has 3 aromatic rings. The van der Waals surface area contributed by atoms with Crippen molar-refractivity contribution in [2.75, 3.05) is 0 Å². The highest BCUT2D eigenvalue weighted by molar-refractivity contribution is 6.42. The average molecular weight is 334 g/mol. The van der Waals surface area contributed by atoms with Gasteiger partial charge in [-0.3, -0.25) is 0 Å². The maximum atomic E-state index is 6.12. The number of benzene rings is 1. The minimum Gasteiger partial charge on any atom is -0.318 e. The van der Waals surface area contributed by atoms with Crippen LogP contribution in [0, 0.1) is 13.8 Å². The summed E-state index contributed by atoms with van der Waals surface area (Å²) in [6.45, 7) is 4.06. The van der Waals surface area contributed by atoms with E-state index >= 15 is 0 Å². The fourth-order valence-electron chi connectivity index (χ4n) is 2.32. The van der Waals surface area contributed by atoms with Gasteiger partial charge < -0.3 is 4.57 Å². The quantitative estimate of drug-likeness (QED) is 0.683. The first-order valence-corrected chi connectivity index (χ1v) is 7.35. The Morgan fingerprint density at radius 3 is 2.45 bits per heavy atom. The van der Waals surface area contributed by atoms with Gasteiger partial charge in [0.05, 0.1) is 16.3 Å². The standard InChI is InChI=1S/C15H13Cl2N5/c1-10-5-12(7-20-21-8-18-19-9-21)11(2)22(10)13-3-4-14(16)15(17)6-13/h3-9H,1-2H3/b20-7+. The van der Waals surface area contributed by atoms with Crippen LogP contribution >= 0.6 is 23.2 Å². The minimum absolute atomic E-state index is 0.534. The van der Waals surface area contributed by atoms with Gasteiger partial charge in [0.25, 0.3) is 0 Å². The third-order valence-corrected chi connectivity index (χ3v) is 4.11. The van der Waals surface area contributed by atoms with Gasteiger partial charge in [-0.15, -0.1) is 10.2 Å². The molecular formula is C15H13Cl2N5. The third-order valence-electron chi connectivity index (χ3n) is 3.37. The van der Waals surface area contributed by atoms with Crippen molar-refractivity contribution in [2.45, 2.75) is 13.8 Å². The molecule has 3 rings (SSSR count). The van der Waals surface area contributed by atoms with E-state index in [-0.39, 0.29) is 0 Å². The maximum absolute atomic E-state index is 6.12. The second-order valence-electron chi connectivity index (χ2n) is 4.85. The van der Waals surface area contributed by atoms with Crippen LogP contribution in [-0.2, 0) is 0 Å². The van der Waals surface area contributed by atoms with Crippen molar-refractivity contribution in [3.8, 4) is 5.69 Å². The lowest BCUT2D eigenvalue weighted by molar-refractivity contribution is 0.877. The van der Waals surface area contributed by atoms with E-state index in [1.165, 1.54) is 12.7 Å². The largest absolute Gasteiger partial charge is 0.318 e. The van der Waals surface area contributed by atoms with Gasteiger partial charge in [-0.05, 0) is 38.1 Å². The summed E-state index contributed by atoms with van der Waals surface area (Å²) in [6, 6.07) is 7.65. The Balaban J connectivity index is 2.01. The molecular weight excluding hydrogens is 321 g/mol. The topological polar surface area (TPSA) is 48.0 Å². The number of rotatable bonds is 3. The molecule has 0 spiro atoms. The molecule has 2 aromatic heterocycles. The first-order valence-electron chi connectivity index (χ1n) is 6.59. The summed E-state index contributed by atoms with van der Waals surface area (Å²) in [7, 11) is 0. The van der Waals surface area contributed by atoms with Crippen molar-refractivity contribution in [1.82, 2.24) is 19.4 Å². The van der Waals surface area contributed by atoms with E-state index in [4.69, 9.17) is 23.2 Å². The number of hydrogen-bond donors (Lipinski definition) is 0. The van der Waals surface area contributed by atoms with Gasteiger partial charge >= 0.3 is 0 Å². The van der Waals surface area contributed by atoms with Crippen molar-refractivity contribution in [3.63, 3.8) is 0 Å². The number of nitrogens with zero attached hydrogens (tertiary/aromatic N) is 5. The van der Waals surface area contributed by atoms with E-state index in [1.807, 2.05) is 26.0 Å². The zero-order valence-corrected chi connectivity index (χ0v) is 13.5.